The number of rotatable bonds is 1. The molecule has 1 aromatic rings. The molecule has 1 N–H and O–H groups in total. The summed E-state index contributed by atoms with van der Waals surface area (Å²) < 4.78 is 0. The van der Waals surface area contributed by atoms with E-state index in [2.05, 4.69) is 11.1 Å². The fourth-order valence-electron chi connectivity index (χ4n) is 0.442. The van der Waals surface area contributed by atoms with Crippen molar-refractivity contribution in [2.45, 2.75) is 0 Å². The molecule has 0 aromatic carbocycles. The van der Waals surface area contributed by atoms with Crippen molar-refractivity contribution in [2.75, 3.05) is 0 Å². The van der Waals surface area contributed by atoms with Gasteiger partial charge in [-0.25, -0.2) is 9.78 Å². The molecule has 0 bridgehead atoms. The molecule has 3 nitrogen and oxygen atoms in total. The lowest BCUT2D eigenvalue weighted by atomic mass is 10.4. The summed E-state index contributed by atoms with van der Waals surface area (Å²) in [5.41, 5.74) is 0.0255. The first-order chi connectivity index (χ1) is 4.30. The van der Waals surface area contributed by atoms with E-state index in [-0.39, 0.29) is 5.69 Å². The molecule has 0 saturated heterocycles. The van der Waals surface area contributed by atoms with Gasteiger partial charge >= 0.3 is 5.97 Å². The molecule has 1 rings (SSSR count). The maximum absolute atomic E-state index is 10.1. The molecule has 1 aromatic heterocycles. The van der Waals surface area contributed by atoms with Gasteiger partial charge in [0.15, 0.2) is 0 Å². The molecule has 45 valence electrons. The van der Waals surface area contributed by atoms with Crippen LogP contribution in [0.3, 0.4) is 0 Å². The molecule has 3 heteroatoms. The zero-order chi connectivity index (χ0) is 6.69. The highest BCUT2D eigenvalue weighted by atomic mass is 16.4. The highest BCUT2D eigenvalue weighted by molar-refractivity contribution is 5.84. The van der Waals surface area contributed by atoms with Gasteiger partial charge in [0.2, 0.25) is 0 Å². The molecule has 0 amide bonds. The highest BCUT2D eigenvalue weighted by Gasteiger charge is 1.99. The Morgan fingerprint density at radius 1 is 1.78 bits per heavy atom. The molecule has 0 unspecified atom stereocenters. The van der Waals surface area contributed by atoms with Crippen molar-refractivity contribution in [3.8, 4) is 0 Å². The van der Waals surface area contributed by atoms with E-state index in [1.54, 1.807) is 6.07 Å². The van der Waals surface area contributed by atoms with Gasteiger partial charge in [-0.3, -0.25) is 0 Å². The second-order valence-corrected chi connectivity index (χ2v) is 1.45. The number of nitrogens with zero attached hydrogens (tertiary/aromatic N) is 1. The fraction of sp³-hybridized carbons (Fsp3) is 0. The van der Waals surface area contributed by atoms with E-state index < -0.39 is 5.97 Å². The largest absolute Gasteiger partial charge is 0.477 e. The standard InChI is InChI=1S/C6H4NO2/c8-6(9)5-3-1-2-4-7-5/h2-4H,(H,8,9). The lowest BCUT2D eigenvalue weighted by Crippen LogP contribution is -1.97. The second kappa shape index (κ2) is 2.26. The molecule has 0 aliphatic rings. The van der Waals surface area contributed by atoms with Gasteiger partial charge in [0.05, 0.1) is 0 Å². The Bertz CT molecular complexity index is 208. The van der Waals surface area contributed by atoms with E-state index in [9.17, 15) is 4.79 Å². The normalized spacial score (nSPS) is 8.89. The summed E-state index contributed by atoms with van der Waals surface area (Å²) in [7, 11) is 0. The van der Waals surface area contributed by atoms with Gasteiger partial charge in [0.1, 0.15) is 5.69 Å². The fourth-order valence-corrected chi connectivity index (χ4v) is 0.442. The summed E-state index contributed by atoms with van der Waals surface area (Å²) in [5.74, 6) is -1.02. The summed E-state index contributed by atoms with van der Waals surface area (Å²) in [4.78, 5) is 13.7. The molecule has 0 atom stereocenters. The van der Waals surface area contributed by atoms with Crippen molar-refractivity contribution >= 4 is 5.97 Å². The lowest BCUT2D eigenvalue weighted by Gasteiger charge is -1.86. The molecule has 0 aliphatic heterocycles. The summed E-state index contributed by atoms with van der Waals surface area (Å²) in [6, 6.07) is 5.47. The van der Waals surface area contributed by atoms with E-state index >= 15 is 0 Å². The van der Waals surface area contributed by atoms with Crippen molar-refractivity contribution in [3.05, 3.63) is 30.1 Å². The van der Waals surface area contributed by atoms with Crippen LogP contribution in [0.2, 0.25) is 0 Å². The molecule has 0 saturated carbocycles. The Morgan fingerprint density at radius 2 is 2.56 bits per heavy atom. The molecule has 1 radical (unpaired) electrons. The molecule has 9 heavy (non-hydrogen) atoms. The predicted molar refractivity (Wildman–Crippen MR) is 30.0 cm³/mol. The molecular weight excluding hydrogens is 118 g/mol. The van der Waals surface area contributed by atoms with Crippen molar-refractivity contribution in [3.63, 3.8) is 0 Å². The Labute approximate surface area is 52.0 Å². The third kappa shape index (κ3) is 1.25. The van der Waals surface area contributed by atoms with Crippen molar-refractivity contribution in [1.82, 2.24) is 4.98 Å². The van der Waals surface area contributed by atoms with Crippen molar-refractivity contribution < 1.29 is 9.90 Å². The topological polar surface area (TPSA) is 50.2 Å². The van der Waals surface area contributed by atoms with E-state index in [0.717, 1.165) is 0 Å². The average molecular weight is 122 g/mol. The number of carbonyl (C=O) groups is 1. The smallest absolute Gasteiger partial charge is 0.354 e. The van der Waals surface area contributed by atoms with Crippen molar-refractivity contribution in [2.24, 2.45) is 0 Å². The van der Waals surface area contributed by atoms with Gasteiger partial charge in [-0.05, 0) is 18.2 Å². The zero-order valence-corrected chi connectivity index (χ0v) is 4.53. The van der Waals surface area contributed by atoms with Crippen LogP contribution in [0.1, 0.15) is 10.5 Å². The Hall–Kier alpha value is -1.38. The maximum atomic E-state index is 10.1. The Balaban J connectivity index is 2.98. The predicted octanol–water partition coefficient (Wildman–Crippen LogP) is 0.580. The summed E-state index contributed by atoms with van der Waals surface area (Å²) in [6.45, 7) is 0. The first-order valence-electron chi connectivity index (χ1n) is 2.36. The minimum absolute atomic E-state index is 0.0255. The van der Waals surface area contributed by atoms with Gasteiger partial charge in [-0.15, -0.1) is 0 Å². The number of hydrogen-bond donors (Lipinski definition) is 1. The minimum Gasteiger partial charge on any atom is -0.477 e. The summed E-state index contributed by atoms with van der Waals surface area (Å²) in [6.07, 6.45) is 1.39. The number of hydrogen-bond acceptors (Lipinski definition) is 2. The number of pyridine rings is 1. The Morgan fingerprint density at radius 3 is 2.89 bits per heavy atom. The highest BCUT2D eigenvalue weighted by Crippen LogP contribution is 1.89. The quantitative estimate of drug-likeness (QED) is 0.592. The first kappa shape index (κ1) is 5.75. The molecule has 1 heterocycles. The monoisotopic (exact) mass is 122 g/mol. The number of carboxylic acid groups (broad SMARTS) is 1. The molecular formula is C6H4NO2. The number of aromatic nitrogens is 1. The van der Waals surface area contributed by atoms with Crippen LogP contribution < -0.4 is 0 Å². The second-order valence-electron chi connectivity index (χ2n) is 1.45. The summed E-state index contributed by atoms with van der Waals surface area (Å²) >= 11 is 0. The maximum Gasteiger partial charge on any atom is 0.354 e. The van der Waals surface area contributed by atoms with Crippen LogP contribution in [0.4, 0.5) is 0 Å². The van der Waals surface area contributed by atoms with Gasteiger partial charge < -0.3 is 5.11 Å². The number of aromatic carboxylic acids is 1. The van der Waals surface area contributed by atoms with Crippen LogP contribution in [0.25, 0.3) is 0 Å². The van der Waals surface area contributed by atoms with E-state index in [0.29, 0.717) is 0 Å². The van der Waals surface area contributed by atoms with Gasteiger partial charge in [-0.2, -0.15) is 0 Å². The third-order valence-corrected chi connectivity index (χ3v) is 0.824. The molecule has 0 fully saturated rings. The van der Waals surface area contributed by atoms with Crippen LogP contribution in [-0.4, -0.2) is 16.1 Å². The summed E-state index contributed by atoms with van der Waals surface area (Å²) in [5, 5.41) is 8.30. The zero-order valence-electron chi connectivity index (χ0n) is 4.53. The van der Waals surface area contributed by atoms with Crippen LogP contribution in [0, 0.1) is 6.07 Å². The SMILES string of the molecule is O=C(O)c1c[c]ccn1. The molecule has 0 aliphatic carbocycles. The number of carboxylic acids is 1. The lowest BCUT2D eigenvalue weighted by molar-refractivity contribution is 0.0690. The first-order valence-corrected chi connectivity index (χ1v) is 2.36. The molecule has 0 spiro atoms. The van der Waals surface area contributed by atoms with Gasteiger partial charge in [-0.1, -0.05) is 0 Å². The van der Waals surface area contributed by atoms with Crippen LogP contribution in [-0.2, 0) is 0 Å². The van der Waals surface area contributed by atoms with E-state index in [1.807, 2.05) is 0 Å². The average Bonchev–Trinajstić information content (AvgIpc) is 1.90. The van der Waals surface area contributed by atoms with E-state index in [4.69, 9.17) is 5.11 Å². The van der Waals surface area contributed by atoms with Gasteiger partial charge in [0.25, 0.3) is 0 Å². The Kier molecular flexibility index (Phi) is 1.44. The third-order valence-electron chi connectivity index (χ3n) is 0.824. The minimum atomic E-state index is -1.02. The van der Waals surface area contributed by atoms with Crippen LogP contribution >= 0.6 is 0 Å². The van der Waals surface area contributed by atoms with E-state index in [1.165, 1.54) is 12.3 Å². The van der Waals surface area contributed by atoms with Crippen molar-refractivity contribution in [1.29, 1.82) is 0 Å². The van der Waals surface area contributed by atoms with Crippen LogP contribution in [0.5, 0.6) is 0 Å². The van der Waals surface area contributed by atoms with Gasteiger partial charge in [0, 0.05) is 6.20 Å². The van der Waals surface area contributed by atoms with Crippen LogP contribution in [0.15, 0.2) is 18.3 Å².